The first-order valence-electron chi connectivity index (χ1n) is 22.6. The van der Waals surface area contributed by atoms with Gasteiger partial charge in [-0.15, -0.1) is 0 Å². The van der Waals surface area contributed by atoms with Gasteiger partial charge < -0.3 is 39.7 Å². The number of hydrogen-bond acceptors (Lipinski definition) is 10. The number of Topliss-reactive ketones (excluding diaryl/α,β-unsaturated/α-hetero) is 2. The molecule has 0 atom stereocenters. The molecular formula is C48H64N6O10. The number of hydrogen-bond donors (Lipinski definition) is 2. The third-order valence-corrected chi connectivity index (χ3v) is 12.0. The lowest BCUT2D eigenvalue weighted by atomic mass is 9.81. The van der Waals surface area contributed by atoms with E-state index in [1.807, 2.05) is 41.5 Å². The SMILES string of the molecule is CC(C)(C)OC(=O)NCC1CCC(C(=O)N2CCN(C(=O)C#CC(=O)c3ccccc3C(=O)C#CC(=O)N3CCN(C(=O)C4CCC(CNC(=O)OC(C)(C)C)CC4)CC3)CC2)CC1. The van der Waals surface area contributed by atoms with Gasteiger partial charge in [-0.05, 0) is 129 Å². The van der Waals surface area contributed by atoms with E-state index in [-0.39, 0.29) is 72.8 Å². The average Bonchev–Trinajstić information content (AvgIpc) is 3.27. The van der Waals surface area contributed by atoms with E-state index in [0.717, 1.165) is 51.4 Å². The number of ketones is 2. The van der Waals surface area contributed by atoms with Crippen LogP contribution in [0.25, 0.3) is 0 Å². The molecule has 16 nitrogen and oxygen atoms in total. The van der Waals surface area contributed by atoms with Crippen LogP contribution < -0.4 is 10.6 Å². The van der Waals surface area contributed by atoms with Gasteiger partial charge in [-0.25, -0.2) is 9.59 Å². The van der Waals surface area contributed by atoms with Crippen molar-refractivity contribution in [3.8, 4) is 23.7 Å². The van der Waals surface area contributed by atoms with Crippen molar-refractivity contribution in [2.45, 2.75) is 104 Å². The zero-order valence-electron chi connectivity index (χ0n) is 38.2. The minimum Gasteiger partial charge on any atom is -0.444 e. The third kappa shape index (κ3) is 14.8. The van der Waals surface area contributed by atoms with Crippen LogP contribution in [0.2, 0.25) is 0 Å². The maximum atomic E-state index is 13.3. The van der Waals surface area contributed by atoms with Crippen LogP contribution in [0.3, 0.4) is 0 Å². The van der Waals surface area contributed by atoms with Crippen molar-refractivity contribution < 1.29 is 47.8 Å². The van der Waals surface area contributed by atoms with Gasteiger partial charge in [-0.2, -0.15) is 0 Å². The number of alkyl carbamates (subject to hydrolysis) is 2. The van der Waals surface area contributed by atoms with Crippen LogP contribution in [0.4, 0.5) is 9.59 Å². The number of benzene rings is 1. The Balaban J connectivity index is 1.02. The van der Waals surface area contributed by atoms with Crippen LogP contribution in [-0.4, -0.2) is 144 Å². The molecular weight excluding hydrogens is 821 g/mol. The Bertz CT molecular complexity index is 1890. The number of carbonyl (C=O) groups excluding carboxylic acids is 8. The molecule has 0 bridgehead atoms. The maximum absolute atomic E-state index is 13.3. The molecule has 0 aromatic heterocycles. The molecule has 1 aromatic rings. The predicted molar refractivity (Wildman–Crippen MR) is 236 cm³/mol. The van der Waals surface area contributed by atoms with E-state index in [1.165, 1.54) is 21.9 Å². The number of nitrogens with zero attached hydrogens (tertiary/aromatic N) is 4. The van der Waals surface area contributed by atoms with Crippen LogP contribution in [0, 0.1) is 47.4 Å². The summed E-state index contributed by atoms with van der Waals surface area (Å²) in [5.74, 6) is 7.34. The van der Waals surface area contributed by atoms with Crippen LogP contribution >= 0.6 is 0 Å². The fourth-order valence-corrected chi connectivity index (χ4v) is 8.48. The Kier molecular flexibility index (Phi) is 17.0. The Morgan fingerprint density at radius 1 is 0.500 bits per heavy atom. The van der Waals surface area contributed by atoms with E-state index in [1.54, 1.807) is 21.9 Å². The van der Waals surface area contributed by atoms with Crippen LogP contribution in [0.5, 0.6) is 0 Å². The Labute approximate surface area is 376 Å². The van der Waals surface area contributed by atoms with Crippen molar-refractivity contribution in [3.05, 3.63) is 35.4 Å². The summed E-state index contributed by atoms with van der Waals surface area (Å²) in [6.07, 6.45) is 5.28. The highest BCUT2D eigenvalue weighted by atomic mass is 16.6. The van der Waals surface area contributed by atoms with Crippen LogP contribution in [-0.2, 0) is 28.7 Å². The van der Waals surface area contributed by atoms with Crippen molar-refractivity contribution >= 4 is 47.4 Å². The Morgan fingerprint density at radius 3 is 1.12 bits per heavy atom. The quantitative estimate of drug-likeness (QED) is 0.219. The normalized spacial score (nSPS) is 21.5. The molecule has 0 unspecified atom stereocenters. The second kappa shape index (κ2) is 22.1. The summed E-state index contributed by atoms with van der Waals surface area (Å²) in [6.45, 7) is 14.4. The minimum absolute atomic E-state index is 0.0410. The summed E-state index contributed by atoms with van der Waals surface area (Å²) in [5, 5.41) is 5.65. The first kappa shape index (κ1) is 49.1. The van der Waals surface area contributed by atoms with E-state index in [4.69, 9.17) is 9.47 Å². The number of ether oxygens (including phenoxy) is 2. The molecule has 2 heterocycles. The van der Waals surface area contributed by atoms with Gasteiger partial charge in [-0.1, -0.05) is 12.1 Å². The molecule has 2 aliphatic carbocycles. The van der Waals surface area contributed by atoms with Gasteiger partial charge in [-0.3, -0.25) is 28.8 Å². The summed E-state index contributed by atoms with van der Waals surface area (Å²) in [4.78, 5) is 109. The summed E-state index contributed by atoms with van der Waals surface area (Å²) >= 11 is 0. The molecule has 2 saturated carbocycles. The van der Waals surface area contributed by atoms with Crippen molar-refractivity contribution in [1.82, 2.24) is 30.2 Å². The smallest absolute Gasteiger partial charge is 0.407 e. The highest BCUT2D eigenvalue weighted by molar-refractivity contribution is 6.21. The first-order valence-corrected chi connectivity index (χ1v) is 22.6. The molecule has 2 saturated heterocycles. The van der Waals surface area contributed by atoms with Gasteiger partial charge in [0.2, 0.25) is 23.4 Å². The van der Waals surface area contributed by atoms with Crippen molar-refractivity contribution in [1.29, 1.82) is 0 Å². The second-order valence-electron chi connectivity index (χ2n) is 19.1. The molecule has 4 aliphatic rings. The van der Waals surface area contributed by atoms with E-state index in [9.17, 15) is 38.4 Å². The zero-order valence-corrected chi connectivity index (χ0v) is 38.2. The summed E-state index contributed by atoms with van der Waals surface area (Å²) < 4.78 is 10.6. The monoisotopic (exact) mass is 884 g/mol. The minimum atomic E-state index is -0.747. The third-order valence-electron chi connectivity index (χ3n) is 12.0. The first-order chi connectivity index (χ1) is 30.3. The average molecular weight is 885 g/mol. The van der Waals surface area contributed by atoms with Gasteiger partial charge in [0.25, 0.3) is 11.8 Å². The van der Waals surface area contributed by atoms with E-state index in [2.05, 4.69) is 34.3 Å². The lowest BCUT2D eigenvalue weighted by molar-refractivity contribution is -0.141. The standard InChI is InChI=1S/C48H64N6O10/c1-47(2,3)63-45(61)49-31-33-11-15-35(16-12-33)43(59)53-27-23-51(24-28-53)41(57)21-19-39(55)37-9-7-8-10-38(37)40(56)20-22-42(58)52-25-29-54(30-26-52)44(60)36-17-13-34(14-18-36)32-50-46(62)64-48(4,5)6/h7-10,33-36H,11-18,23-32H2,1-6H3,(H,49,61)(H,50,62). The van der Waals surface area contributed by atoms with E-state index in [0.29, 0.717) is 39.3 Å². The number of amides is 6. The van der Waals surface area contributed by atoms with Crippen LogP contribution in [0.1, 0.15) is 114 Å². The molecule has 2 N–H and O–H groups in total. The molecule has 4 fully saturated rings. The lowest BCUT2D eigenvalue weighted by Gasteiger charge is -2.37. The number of piperazine rings is 2. The second-order valence-corrected chi connectivity index (χ2v) is 19.1. The van der Waals surface area contributed by atoms with Gasteiger partial charge in [0, 0.05) is 100 Å². The number of rotatable bonds is 8. The molecule has 1 aromatic carbocycles. The number of nitrogens with one attached hydrogen (secondary N) is 2. The zero-order chi connectivity index (χ0) is 46.6. The van der Waals surface area contributed by atoms with Gasteiger partial charge in [0.1, 0.15) is 11.2 Å². The Morgan fingerprint density at radius 2 is 0.812 bits per heavy atom. The lowest BCUT2D eigenvalue weighted by Crippen LogP contribution is -2.52. The predicted octanol–water partition coefficient (Wildman–Crippen LogP) is 4.06. The van der Waals surface area contributed by atoms with Crippen molar-refractivity contribution in [2.75, 3.05) is 65.4 Å². The molecule has 6 amide bonds. The molecule has 2 aliphatic heterocycles. The summed E-state index contributed by atoms with van der Waals surface area (Å²) in [5.41, 5.74) is -1.21. The highest BCUT2D eigenvalue weighted by Gasteiger charge is 2.34. The molecule has 16 heteroatoms. The largest absolute Gasteiger partial charge is 0.444 e. The van der Waals surface area contributed by atoms with Gasteiger partial charge >= 0.3 is 12.2 Å². The van der Waals surface area contributed by atoms with Crippen molar-refractivity contribution in [3.63, 3.8) is 0 Å². The van der Waals surface area contributed by atoms with Crippen LogP contribution in [0.15, 0.2) is 24.3 Å². The number of carbonyl (C=O) groups is 8. The fraction of sp³-hybridized carbons (Fsp3) is 0.625. The van der Waals surface area contributed by atoms with Gasteiger partial charge in [0.15, 0.2) is 0 Å². The summed E-state index contributed by atoms with van der Waals surface area (Å²) in [6, 6.07) is 5.95. The van der Waals surface area contributed by atoms with E-state index >= 15 is 0 Å². The molecule has 64 heavy (non-hydrogen) atoms. The maximum Gasteiger partial charge on any atom is 0.407 e. The van der Waals surface area contributed by atoms with Gasteiger partial charge in [0.05, 0.1) is 0 Å². The molecule has 346 valence electrons. The molecule has 5 rings (SSSR count). The molecule has 0 radical (unpaired) electrons. The summed E-state index contributed by atoms with van der Waals surface area (Å²) in [7, 11) is 0. The Hall–Kier alpha value is -5.90. The van der Waals surface area contributed by atoms with Crippen molar-refractivity contribution in [2.24, 2.45) is 23.7 Å². The fourth-order valence-electron chi connectivity index (χ4n) is 8.48. The highest BCUT2D eigenvalue weighted by Crippen LogP contribution is 2.31. The topological polar surface area (TPSA) is 192 Å². The molecule has 0 spiro atoms. The van der Waals surface area contributed by atoms with E-state index < -0.39 is 46.8 Å².